The number of amides is 1. The third kappa shape index (κ3) is 6.32. The molecule has 2 heterocycles. The van der Waals surface area contributed by atoms with Crippen LogP contribution in [0, 0.1) is 5.82 Å². The molecule has 0 saturated carbocycles. The maximum absolute atomic E-state index is 13.5. The molecule has 1 amide bonds. The maximum Gasteiger partial charge on any atom is 0.301 e. The first-order chi connectivity index (χ1) is 20.4. The van der Waals surface area contributed by atoms with Crippen LogP contribution in [0.25, 0.3) is 5.76 Å². The van der Waals surface area contributed by atoms with Crippen LogP contribution in [-0.4, -0.2) is 40.7 Å². The molecular weight excluding hydrogens is 577 g/mol. The average Bonchev–Trinajstić information content (AvgIpc) is 3.58. The zero-order valence-corrected chi connectivity index (χ0v) is 24.6. The summed E-state index contributed by atoms with van der Waals surface area (Å²) in [5, 5.41) is 20.1. The zero-order valence-electron chi connectivity index (χ0n) is 23.0. The predicted octanol–water partition coefficient (Wildman–Crippen LogP) is 6.78. The van der Waals surface area contributed by atoms with E-state index in [4.69, 9.17) is 9.47 Å². The molecule has 1 saturated heterocycles. The van der Waals surface area contributed by atoms with Crippen LogP contribution in [0.4, 0.5) is 9.52 Å². The van der Waals surface area contributed by atoms with Crippen molar-refractivity contribution in [2.45, 2.75) is 35.9 Å². The average molecular weight is 606 g/mol. The number of anilines is 1. The highest BCUT2D eigenvalue weighted by Gasteiger charge is 2.48. The van der Waals surface area contributed by atoms with Crippen molar-refractivity contribution in [3.63, 3.8) is 0 Å². The van der Waals surface area contributed by atoms with E-state index in [1.165, 1.54) is 35.9 Å². The molecule has 42 heavy (non-hydrogen) atoms. The molecule has 0 aliphatic carbocycles. The molecule has 1 aromatic heterocycles. The van der Waals surface area contributed by atoms with Crippen LogP contribution < -0.4 is 14.4 Å². The molecule has 5 rings (SSSR count). The molecule has 1 atom stereocenters. The maximum atomic E-state index is 13.5. The third-order valence-corrected chi connectivity index (χ3v) is 8.75. The summed E-state index contributed by atoms with van der Waals surface area (Å²) in [4.78, 5) is 28.3. The van der Waals surface area contributed by atoms with E-state index in [2.05, 4.69) is 17.1 Å². The van der Waals surface area contributed by atoms with Crippen molar-refractivity contribution >= 4 is 45.7 Å². The number of halogens is 1. The number of unbranched alkanes of at least 4 members (excludes halogenated alkanes) is 1. The number of methoxy groups -OCH3 is 1. The Hall–Kier alpha value is -4.22. The fourth-order valence-electron chi connectivity index (χ4n) is 4.44. The first-order valence-electron chi connectivity index (χ1n) is 13.3. The summed E-state index contributed by atoms with van der Waals surface area (Å²) in [5.41, 5.74) is 1.78. The monoisotopic (exact) mass is 605 g/mol. The first kappa shape index (κ1) is 29.3. The smallest absolute Gasteiger partial charge is 0.301 e. The summed E-state index contributed by atoms with van der Waals surface area (Å²) in [6.07, 6.45) is 1.85. The van der Waals surface area contributed by atoms with Crippen molar-refractivity contribution in [3.05, 3.63) is 101 Å². The van der Waals surface area contributed by atoms with Gasteiger partial charge in [0.15, 0.2) is 4.34 Å². The first-order valence-corrected chi connectivity index (χ1v) is 15.1. The van der Waals surface area contributed by atoms with Crippen LogP contribution in [0.3, 0.4) is 0 Å². The lowest BCUT2D eigenvalue weighted by molar-refractivity contribution is -0.132. The summed E-state index contributed by atoms with van der Waals surface area (Å²) in [6.45, 7) is 2.59. The van der Waals surface area contributed by atoms with Crippen LogP contribution >= 0.6 is 23.1 Å². The summed E-state index contributed by atoms with van der Waals surface area (Å²) < 4.78 is 25.0. The number of nitrogens with zero attached hydrogens (tertiary/aromatic N) is 3. The van der Waals surface area contributed by atoms with Crippen molar-refractivity contribution in [3.8, 4) is 11.5 Å². The molecule has 0 radical (unpaired) electrons. The Morgan fingerprint density at radius 3 is 2.52 bits per heavy atom. The molecule has 1 aliphatic heterocycles. The number of carbonyl (C=O) groups excluding carboxylic acids is 2. The fourth-order valence-corrected chi connectivity index (χ4v) is 6.27. The van der Waals surface area contributed by atoms with Gasteiger partial charge in [0.25, 0.3) is 5.78 Å². The van der Waals surface area contributed by atoms with Gasteiger partial charge in [-0.25, -0.2) is 4.39 Å². The van der Waals surface area contributed by atoms with Crippen molar-refractivity contribution in [1.29, 1.82) is 0 Å². The number of rotatable bonds is 11. The molecule has 8 nitrogen and oxygen atoms in total. The third-order valence-electron chi connectivity index (χ3n) is 6.63. The van der Waals surface area contributed by atoms with Crippen LogP contribution in [-0.2, 0) is 15.3 Å². The Morgan fingerprint density at radius 1 is 1.05 bits per heavy atom. The van der Waals surface area contributed by atoms with E-state index >= 15 is 0 Å². The number of thioether (sulfide) groups is 1. The lowest BCUT2D eigenvalue weighted by Crippen LogP contribution is -2.29. The molecule has 216 valence electrons. The van der Waals surface area contributed by atoms with E-state index < -0.39 is 17.7 Å². The van der Waals surface area contributed by atoms with Gasteiger partial charge in [-0.1, -0.05) is 60.7 Å². The highest BCUT2D eigenvalue weighted by atomic mass is 32.2. The minimum Gasteiger partial charge on any atom is -0.507 e. The van der Waals surface area contributed by atoms with Crippen molar-refractivity contribution in [2.75, 3.05) is 18.6 Å². The van der Waals surface area contributed by atoms with Gasteiger partial charge in [-0.05, 0) is 66.1 Å². The standard InChI is InChI=1S/C31H28FN3O5S2/c1-3-4-16-40-24-7-5-6-21(17-24)26-25(27(36)20-10-14-23(39-2)15-11-20)28(37)29(38)35(26)30-33-34-31(42-30)41-18-19-8-12-22(32)13-9-19/h5-15,17,26,36H,3-4,16,18H2,1-2H3. The van der Waals surface area contributed by atoms with Gasteiger partial charge in [0.05, 0.1) is 25.3 Å². The number of carbonyl (C=O) groups is 2. The number of hydrogen-bond donors (Lipinski definition) is 1. The summed E-state index contributed by atoms with van der Waals surface area (Å²) in [5.74, 6) is -0.585. The summed E-state index contributed by atoms with van der Waals surface area (Å²) in [6, 6.07) is 18.9. The lowest BCUT2D eigenvalue weighted by atomic mass is 9.95. The molecule has 0 bridgehead atoms. The van der Waals surface area contributed by atoms with Crippen LogP contribution in [0.5, 0.6) is 11.5 Å². The van der Waals surface area contributed by atoms with E-state index in [-0.39, 0.29) is 22.3 Å². The molecular formula is C31H28FN3O5S2. The number of ether oxygens (including phenoxy) is 2. The lowest BCUT2D eigenvalue weighted by Gasteiger charge is -2.23. The molecule has 1 fully saturated rings. The highest BCUT2D eigenvalue weighted by molar-refractivity contribution is 8.00. The normalized spacial score (nSPS) is 16.2. The quantitative estimate of drug-likeness (QED) is 0.0499. The van der Waals surface area contributed by atoms with Gasteiger partial charge >= 0.3 is 5.91 Å². The molecule has 3 aromatic carbocycles. The van der Waals surface area contributed by atoms with Crippen molar-refractivity contribution < 1.29 is 28.6 Å². The zero-order chi connectivity index (χ0) is 29.6. The second kappa shape index (κ2) is 13.2. The van der Waals surface area contributed by atoms with Crippen molar-refractivity contribution in [2.24, 2.45) is 0 Å². The van der Waals surface area contributed by atoms with Gasteiger partial charge in [-0.3, -0.25) is 14.5 Å². The second-order valence-corrected chi connectivity index (χ2v) is 11.6. The number of aromatic nitrogens is 2. The van der Waals surface area contributed by atoms with Crippen molar-refractivity contribution in [1.82, 2.24) is 10.2 Å². The number of aliphatic hydroxyl groups excluding tert-OH is 1. The molecule has 0 spiro atoms. The topological polar surface area (TPSA) is 102 Å². The molecule has 1 aliphatic rings. The molecule has 4 aromatic rings. The van der Waals surface area contributed by atoms with E-state index in [0.29, 0.717) is 39.3 Å². The Bertz CT molecular complexity index is 1610. The van der Waals surface area contributed by atoms with E-state index in [0.717, 1.165) is 29.7 Å². The second-order valence-electron chi connectivity index (χ2n) is 9.44. The Kier molecular flexibility index (Phi) is 9.19. The number of benzene rings is 3. The van der Waals surface area contributed by atoms with Gasteiger partial charge in [-0.15, -0.1) is 10.2 Å². The minimum atomic E-state index is -0.968. The Labute approximate surface area is 250 Å². The Balaban J connectivity index is 1.53. The fraction of sp³-hybridized carbons (Fsp3) is 0.226. The van der Waals surface area contributed by atoms with Gasteiger partial charge in [0.2, 0.25) is 5.13 Å². The van der Waals surface area contributed by atoms with E-state index in [9.17, 15) is 19.1 Å². The van der Waals surface area contributed by atoms with Crippen LogP contribution in [0.1, 0.15) is 42.5 Å². The summed E-state index contributed by atoms with van der Waals surface area (Å²) >= 11 is 2.55. The van der Waals surface area contributed by atoms with E-state index in [1.807, 2.05) is 6.07 Å². The van der Waals surface area contributed by atoms with Gasteiger partial charge < -0.3 is 14.6 Å². The van der Waals surface area contributed by atoms with E-state index in [1.54, 1.807) is 54.6 Å². The Morgan fingerprint density at radius 2 is 1.81 bits per heavy atom. The number of ketones is 1. The SMILES string of the molecule is CCCCOc1cccc(C2C(=C(O)c3ccc(OC)cc3)C(=O)C(=O)N2c2nnc(SCc3ccc(F)cc3)s2)c1. The van der Waals surface area contributed by atoms with Gasteiger partial charge in [0, 0.05) is 11.3 Å². The number of hydrogen-bond acceptors (Lipinski definition) is 9. The minimum absolute atomic E-state index is 0.0633. The number of aliphatic hydroxyl groups is 1. The van der Waals surface area contributed by atoms with Crippen LogP contribution in [0.15, 0.2) is 82.7 Å². The molecule has 11 heteroatoms. The molecule has 1 unspecified atom stereocenters. The predicted molar refractivity (Wildman–Crippen MR) is 160 cm³/mol. The van der Waals surface area contributed by atoms with Gasteiger partial charge in [-0.2, -0.15) is 0 Å². The molecule has 1 N–H and O–H groups in total. The van der Waals surface area contributed by atoms with Crippen LogP contribution in [0.2, 0.25) is 0 Å². The highest BCUT2D eigenvalue weighted by Crippen LogP contribution is 2.44. The van der Waals surface area contributed by atoms with Gasteiger partial charge in [0.1, 0.15) is 23.1 Å². The number of Topliss-reactive ketones (excluding diaryl/α,β-unsaturated/α-hetero) is 1. The summed E-state index contributed by atoms with van der Waals surface area (Å²) in [7, 11) is 1.53. The largest absolute Gasteiger partial charge is 0.507 e.